The summed E-state index contributed by atoms with van der Waals surface area (Å²) in [6.45, 7) is 17.0. The minimum absolute atomic E-state index is 0.0209. The van der Waals surface area contributed by atoms with Crippen LogP contribution in [-0.2, 0) is 19.1 Å². The lowest BCUT2D eigenvalue weighted by molar-refractivity contribution is -0.269. The van der Waals surface area contributed by atoms with Crippen molar-refractivity contribution in [2.24, 2.45) is 33.5 Å². The van der Waals surface area contributed by atoms with Crippen LogP contribution in [0.15, 0.2) is 0 Å². The van der Waals surface area contributed by atoms with Gasteiger partial charge in [0.05, 0.1) is 11.3 Å². The molecule has 4 heteroatoms. The highest BCUT2D eigenvalue weighted by atomic mass is 16.6. The van der Waals surface area contributed by atoms with E-state index in [1.165, 1.54) is 0 Å². The monoisotopic (exact) mass is 350 g/mol. The van der Waals surface area contributed by atoms with Crippen LogP contribution in [0, 0.1) is 33.5 Å². The predicted molar refractivity (Wildman–Crippen MR) is 95.7 cm³/mol. The molecule has 0 N–H and O–H groups in total. The van der Waals surface area contributed by atoms with Crippen LogP contribution < -0.4 is 0 Å². The molecule has 0 spiro atoms. The van der Waals surface area contributed by atoms with E-state index in [4.69, 9.17) is 9.47 Å². The van der Waals surface area contributed by atoms with Gasteiger partial charge in [0.25, 0.3) is 0 Å². The average Bonchev–Trinajstić information content (AvgIpc) is 2.55. The summed E-state index contributed by atoms with van der Waals surface area (Å²) in [7, 11) is 0. The van der Waals surface area contributed by atoms with E-state index in [9.17, 15) is 9.59 Å². The van der Waals surface area contributed by atoms with Crippen LogP contribution in [0.4, 0.5) is 0 Å². The zero-order chi connectivity index (χ0) is 19.0. The largest absolute Gasteiger partial charge is 0.458 e. The van der Waals surface area contributed by atoms with Gasteiger partial charge in [-0.15, -0.1) is 0 Å². The molecule has 4 nitrogen and oxygen atoms in total. The Hall–Kier alpha value is -1.06. The van der Waals surface area contributed by atoms with Crippen molar-refractivity contribution < 1.29 is 19.1 Å². The second-order valence-corrected chi connectivity index (χ2v) is 11.0. The molecular formula is C21H34O4. The summed E-state index contributed by atoms with van der Waals surface area (Å²) in [5.74, 6) is 0.0817. The second kappa shape index (κ2) is 5.23. The number of ether oxygens (including phenoxy) is 2. The van der Waals surface area contributed by atoms with Crippen LogP contribution >= 0.6 is 0 Å². The van der Waals surface area contributed by atoms with Crippen molar-refractivity contribution >= 4 is 11.9 Å². The summed E-state index contributed by atoms with van der Waals surface area (Å²) >= 11 is 0. The van der Waals surface area contributed by atoms with Gasteiger partial charge in [-0.3, -0.25) is 9.59 Å². The van der Waals surface area contributed by atoms with Crippen molar-refractivity contribution in [3.8, 4) is 0 Å². The van der Waals surface area contributed by atoms with Gasteiger partial charge in [0.1, 0.15) is 12.2 Å². The van der Waals surface area contributed by atoms with Crippen LogP contribution in [-0.4, -0.2) is 24.1 Å². The van der Waals surface area contributed by atoms with Crippen molar-refractivity contribution in [2.75, 3.05) is 0 Å². The fourth-order valence-electron chi connectivity index (χ4n) is 5.47. The Morgan fingerprint density at radius 3 is 2.28 bits per heavy atom. The zero-order valence-corrected chi connectivity index (χ0v) is 17.1. The summed E-state index contributed by atoms with van der Waals surface area (Å²) < 4.78 is 11.7. The lowest BCUT2D eigenvalue weighted by Crippen LogP contribution is -2.72. The molecule has 0 radical (unpaired) electrons. The van der Waals surface area contributed by atoms with Gasteiger partial charge in [-0.1, -0.05) is 48.5 Å². The van der Waals surface area contributed by atoms with Crippen molar-refractivity contribution in [3.05, 3.63) is 0 Å². The molecule has 1 aliphatic heterocycles. The molecule has 3 aliphatic rings. The van der Waals surface area contributed by atoms with Crippen LogP contribution in [0.3, 0.4) is 0 Å². The van der Waals surface area contributed by atoms with Gasteiger partial charge in [-0.25, -0.2) is 0 Å². The molecule has 3 fully saturated rings. The Kier molecular flexibility index (Phi) is 3.92. The number of carbonyl (C=O) groups is 2. The molecule has 1 heterocycles. The maximum atomic E-state index is 13.3. The molecule has 0 amide bonds. The highest BCUT2D eigenvalue weighted by Gasteiger charge is 2.79. The van der Waals surface area contributed by atoms with E-state index in [1.54, 1.807) is 0 Å². The van der Waals surface area contributed by atoms with Crippen LogP contribution in [0.25, 0.3) is 0 Å². The fourth-order valence-corrected chi connectivity index (χ4v) is 5.47. The Morgan fingerprint density at radius 2 is 1.80 bits per heavy atom. The normalized spacial score (nSPS) is 38.8. The molecule has 0 aromatic rings. The summed E-state index contributed by atoms with van der Waals surface area (Å²) in [5, 5.41) is 0. The molecule has 2 aliphatic carbocycles. The lowest BCUT2D eigenvalue weighted by atomic mass is 9.40. The third-order valence-electron chi connectivity index (χ3n) is 7.35. The summed E-state index contributed by atoms with van der Waals surface area (Å²) in [4.78, 5) is 25.3. The Balaban J connectivity index is 1.82. The van der Waals surface area contributed by atoms with Crippen LogP contribution in [0.2, 0.25) is 0 Å². The fraction of sp³-hybridized carbons (Fsp3) is 0.905. The third-order valence-corrected chi connectivity index (χ3v) is 7.35. The van der Waals surface area contributed by atoms with Crippen LogP contribution in [0.1, 0.15) is 74.7 Å². The number of hydrogen-bond acceptors (Lipinski definition) is 4. The van der Waals surface area contributed by atoms with Crippen molar-refractivity contribution in [2.45, 2.75) is 86.9 Å². The maximum absolute atomic E-state index is 13.3. The smallest absolute Gasteiger partial charge is 0.312 e. The van der Waals surface area contributed by atoms with E-state index in [0.717, 1.165) is 19.3 Å². The Labute approximate surface area is 152 Å². The second-order valence-electron chi connectivity index (χ2n) is 11.0. The van der Waals surface area contributed by atoms with Crippen molar-refractivity contribution in [3.63, 3.8) is 0 Å². The Bertz CT molecular complexity index is 596. The molecule has 0 aromatic carbocycles. The van der Waals surface area contributed by atoms with Crippen molar-refractivity contribution in [1.82, 2.24) is 0 Å². The predicted octanol–water partition coefficient (Wildman–Crippen LogP) is 4.36. The highest BCUT2D eigenvalue weighted by molar-refractivity contribution is 5.81. The highest BCUT2D eigenvalue weighted by Crippen LogP contribution is 2.71. The Morgan fingerprint density at radius 1 is 1.20 bits per heavy atom. The SMILES string of the molecule is CCC12CC3C(=O)OC(C1OC(=O)C(C)(CC(C)(C)C)C(C)(C)C)C32. The molecular weight excluding hydrogens is 316 g/mol. The molecule has 2 saturated carbocycles. The van der Waals surface area contributed by atoms with Gasteiger partial charge in [0, 0.05) is 11.3 Å². The zero-order valence-electron chi connectivity index (χ0n) is 17.1. The first-order valence-electron chi connectivity index (χ1n) is 9.68. The number of esters is 2. The number of hydrogen-bond donors (Lipinski definition) is 0. The topological polar surface area (TPSA) is 52.6 Å². The quantitative estimate of drug-likeness (QED) is 0.707. The molecule has 3 rings (SSSR count). The summed E-state index contributed by atoms with van der Waals surface area (Å²) in [6, 6.07) is 0. The van der Waals surface area contributed by atoms with Gasteiger partial charge in [-0.05, 0) is 37.0 Å². The number of carbonyl (C=O) groups excluding carboxylic acids is 2. The average molecular weight is 350 g/mol. The van der Waals surface area contributed by atoms with E-state index < -0.39 is 5.41 Å². The molecule has 0 aromatic heterocycles. The van der Waals surface area contributed by atoms with Gasteiger partial charge in [0.15, 0.2) is 0 Å². The van der Waals surface area contributed by atoms with Gasteiger partial charge >= 0.3 is 11.9 Å². The molecule has 142 valence electrons. The molecule has 6 unspecified atom stereocenters. The lowest BCUT2D eigenvalue weighted by Gasteiger charge is -2.64. The first-order chi connectivity index (χ1) is 11.3. The van der Waals surface area contributed by atoms with Crippen molar-refractivity contribution in [1.29, 1.82) is 0 Å². The standard InChI is InChI=1S/C21H34O4/c1-9-21-10-12-13(21)14(24-16(12)22)15(21)25-17(23)20(8,19(5,6)7)11-18(2,3)4/h12-15H,9-11H2,1-8H3. The van der Waals surface area contributed by atoms with E-state index in [1.807, 2.05) is 6.92 Å². The van der Waals surface area contributed by atoms with Gasteiger partial charge in [-0.2, -0.15) is 0 Å². The molecule has 1 saturated heterocycles. The first-order valence-corrected chi connectivity index (χ1v) is 9.68. The molecule has 6 atom stereocenters. The first kappa shape index (κ1) is 18.7. The number of rotatable bonds is 4. The van der Waals surface area contributed by atoms with E-state index in [2.05, 4.69) is 48.5 Å². The van der Waals surface area contributed by atoms with E-state index >= 15 is 0 Å². The summed E-state index contributed by atoms with van der Waals surface area (Å²) in [5.41, 5.74) is -0.809. The van der Waals surface area contributed by atoms with Gasteiger partial charge < -0.3 is 9.47 Å². The van der Waals surface area contributed by atoms with Gasteiger partial charge in [0.2, 0.25) is 0 Å². The van der Waals surface area contributed by atoms with Crippen LogP contribution in [0.5, 0.6) is 0 Å². The minimum Gasteiger partial charge on any atom is -0.458 e. The minimum atomic E-state index is -0.586. The molecule has 25 heavy (non-hydrogen) atoms. The maximum Gasteiger partial charge on any atom is 0.312 e. The van der Waals surface area contributed by atoms with E-state index in [-0.39, 0.29) is 52.2 Å². The summed E-state index contributed by atoms with van der Waals surface area (Å²) in [6.07, 6.45) is 2.02. The third kappa shape index (κ3) is 2.46. The molecule has 0 bridgehead atoms. The van der Waals surface area contributed by atoms with E-state index in [0.29, 0.717) is 0 Å².